The molecule has 0 bridgehead atoms. The van der Waals surface area contributed by atoms with Crippen molar-refractivity contribution in [3.8, 4) is 0 Å². The summed E-state index contributed by atoms with van der Waals surface area (Å²) in [5, 5.41) is 5.78. The molecule has 144 valence electrons. The van der Waals surface area contributed by atoms with Crippen molar-refractivity contribution < 1.29 is 0 Å². The Bertz CT molecular complexity index is 837. The van der Waals surface area contributed by atoms with E-state index in [1.165, 1.54) is 60.6 Å². The van der Waals surface area contributed by atoms with Gasteiger partial charge in [0.15, 0.2) is 0 Å². The van der Waals surface area contributed by atoms with E-state index in [1.807, 2.05) is 18.2 Å². The van der Waals surface area contributed by atoms with E-state index in [0.29, 0.717) is 0 Å². The van der Waals surface area contributed by atoms with Crippen molar-refractivity contribution in [3.63, 3.8) is 0 Å². The fourth-order valence-corrected chi connectivity index (χ4v) is 3.89. The van der Waals surface area contributed by atoms with Gasteiger partial charge in [0, 0.05) is 35.2 Å². The molecule has 1 heterocycles. The van der Waals surface area contributed by atoms with E-state index in [-0.39, 0.29) is 0 Å². The highest BCUT2D eigenvalue weighted by Gasteiger charge is 2.08. The van der Waals surface area contributed by atoms with Crippen LogP contribution in [0.25, 0.3) is 10.9 Å². The number of fused-ring (bicyclic) bond motifs is 1. The molecule has 1 aromatic heterocycles. The molecule has 0 spiro atoms. The highest BCUT2D eigenvalue weighted by molar-refractivity contribution is 6.30. The molecular formula is C24H31ClN2. The number of nitrogens with zero attached hydrogens (tertiary/aromatic N) is 1. The van der Waals surface area contributed by atoms with Crippen molar-refractivity contribution in [2.75, 3.05) is 6.54 Å². The van der Waals surface area contributed by atoms with E-state index >= 15 is 0 Å². The average Bonchev–Trinajstić information content (AvgIpc) is 3.02. The zero-order valence-electron chi connectivity index (χ0n) is 16.4. The Morgan fingerprint density at radius 2 is 1.74 bits per heavy atom. The van der Waals surface area contributed by atoms with Gasteiger partial charge in [-0.2, -0.15) is 0 Å². The summed E-state index contributed by atoms with van der Waals surface area (Å²) in [6.45, 7) is 5.14. The van der Waals surface area contributed by atoms with Crippen LogP contribution in [0.5, 0.6) is 0 Å². The number of rotatable bonds is 11. The Balaban J connectivity index is 1.59. The molecule has 2 aromatic carbocycles. The second kappa shape index (κ2) is 10.5. The van der Waals surface area contributed by atoms with Gasteiger partial charge >= 0.3 is 0 Å². The van der Waals surface area contributed by atoms with E-state index in [9.17, 15) is 0 Å². The number of halogens is 1. The normalized spacial score (nSPS) is 11.3. The molecule has 0 radical (unpaired) electrons. The lowest BCUT2D eigenvalue weighted by Crippen LogP contribution is -2.14. The SMILES string of the molecule is CCCCCCCCNCc1cn(Cc2cccc(Cl)c2)c2ccccc12. The fourth-order valence-electron chi connectivity index (χ4n) is 3.68. The molecule has 27 heavy (non-hydrogen) atoms. The molecule has 2 nitrogen and oxygen atoms in total. The number of unbranched alkanes of at least 4 members (excludes halogenated alkanes) is 5. The summed E-state index contributed by atoms with van der Waals surface area (Å²) in [5.41, 5.74) is 3.89. The number of benzene rings is 2. The van der Waals surface area contributed by atoms with Gasteiger partial charge in [-0.15, -0.1) is 0 Å². The number of para-hydroxylation sites is 1. The minimum Gasteiger partial charge on any atom is -0.343 e. The molecule has 0 aliphatic heterocycles. The maximum Gasteiger partial charge on any atom is 0.0486 e. The lowest BCUT2D eigenvalue weighted by molar-refractivity contribution is 0.572. The van der Waals surface area contributed by atoms with Crippen molar-refractivity contribution in [2.45, 2.75) is 58.5 Å². The first-order chi connectivity index (χ1) is 13.3. The summed E-state index contributed by atoms with van der Waals surface area (Å²) in [6, 6.07) is 16.8. The van der Waals surface area contributed by atoms with Crippen LogP contribution in [0.4, 0.5) is 0 Å². The predicted molar refractivity (Wildman–Crippen MR) is 118 cm³/mol. The number of hydrogen-bond acceptors (Lipinski definition) is 1. The van der Waals surface area contributed by atoms with Crippen LogP contribution < -0.4 is 5.32 Å². The van der Waals surface area contributed by atoms with Crippen molar-refractivity contribution >= 4 is 22.5 Å². The van der Waals surface area contributed by atoms with Gasteiger partial charge in [0.25, 0.3) is 0 Å². The van der Waals surface area contributed by atoms with E-state index in [0.717, 1.165) is 24.7 Å². The maximum absolute atomic E-state index is 6.15. The van der Waals surface area contributed by atoms with Crippen LogP contribution in [0, 0.1) is 0 Å². The lowest BCUT2D eigenvalue weighted by atomic mass is 10.1. The molecule has 0 saturated heterocycles. The van der Waals surface area contributed by atoms with E-state index < -0.39 is 0 Å². The largest absolute Gasteiger partial charge is 0.343 e. The van der Waals surface area contributed by atoms with Gasteiger partial charge in [-0.05, 0) is 42.3 Å². The van der Waals surface area contributed by atoms with Crippen molar-refractivity contribution in [3.05, 3.63) is 70.9 Å². The smallest absolute Gasteiger partial charge is 0.0486 e. The van der Waals surface area contributed by atoms with Gasteiger partial charge in [0.2, 0.25) is 0 Å². The predicted octanol–water partition coefficient (Wildman–Crippen LogP) is 6.79. The van der Waals surface area contributed by atoms with Crippen molar-refractivity contribution in [1.29, 1.82) is 0 Å². The van der Waals surface area contributed by atoms with E-state index in [2.05, 4.69) is 53.3 Å². The first-order valence-electron chi connectivity index (χ1n) is 10.3. The van der Waals surface area contributed by atoms with E-state index in [1.54, 1.807) is 0 Å². The molecule has 3 heteroatoms. The molecule has 0 aliphatic rings. The minimum absolute atomic E-state index is 0.796. The quantitative estimate of drug-likeness (QED) is 0.361. The van der Waals surface area contributed by atoms with Crippen LogP contribution in [-0.2, 0) is 13.1 Å². The summed E-state index contributed by atoms with van der Waals surface area (Å²) >= 11 is 6.15. The van der Waals surface area contributed by atoms with Crippen molar-refractivity contribution in [2.24, 2.45) is 0 Å². The van der Waals surface area contributed by atoms with Gasteiger partial charge in [-0.3, -0.25) is 0 Å². The third-order valence-electron chi connectivity index (χ3n) is 5.14. The Morgan fingerprint density at radius 1 is 0.926 bits per heavy atom. The van der Waals surface area contributed by atoms with Crippen LogP contribution in [-0.4, -0.2) is 11.1 Å². The fraction of sp³-hybridized carbons (Fsp3) is 0.417. The Labute approximate surface area is 168 Å². The highest BCUT2D eigenvalue weighted by Crippen LogP contribution is 2.23. The zero-order chi connectivity index (χ0) is 18.9. The van der Waals surface area contributed by atoms with Crippen LogP contribution in [0.2, 0.25) is 5.02 Å². The molecule has 1 N–H and O–H groups in total. The third-order valence-corrected chi connectivity index (χ3v) is 5.37. The molecule has 0 unspecified atom stereocenters. The summed E-state index contributed by atoms with van der Waals surface area (Å²) in [4.78, 5) is 0. The Hall–Kier alpha value is -1.77. The first-order valence-corrected chi connectivity index (χ1v) is 10.7. The molecule has 0 aliphatic carbocycles. The van der Waals surface area contributed by atoms with Crippen LogP contribution >= 0.6 is 11.6 Å². The molecule has 0 fully saturated rings. The van der Waals surface area contributed by atoms with Gasteiger partial charge in [-0.1, -0.05) is 81.0 Å². The van der Waals surface area contributed by atoms with Crippen molar-refractivity contribution in [1.82, 2.24) is 9.88 Å². The third kappa shape index (κ3) is 5.85. The topological polar surface area (TPSA) is 17.0 Å². The molecular weight excluding hydrogens is 352 g/mol. The lowest BCUT2D eigenvalue weighted by Gasteiger charge is -2.06. The standard InChI is InChI=1S/C24H31ClN2/c1-2-3-4-5-6-9-15-26-17-21-19-27(24-14-8-7-13-23(21)24)18-20-11-10-12-22(25)16-20/h7-8,10-14,16,19,26H,2-6,9,15,17-18H2,1H3. The first kappa shape index (κ1) is 20.0. The molecule has 3 rings (SSSR count). The van der Waals surface area contributed by atoms with Gasteiger partial charge in [-0.25, -0.2) is 0 Å². The van der Waals surface area contributed by atoms with Gasteiger partial charge in [0.05, 0.1) is 0 Å². The van der Waals surface area contributed by atoms with Crippen LogP contribution in [0.3, 0.4) is 0 Å². The van der Waals surface area contributed by atoms with Gasteiger partial charge < -0.3 is 9.88 Å². The monoisotopic (exact) mass is 382 g/mol. The summed E-state index contributed by atoms with van der Waals surface area (Å²) in [6.07, 6.45) is 10.3. The maximum atomic E-state index is 6.15. The second-order valence-corrected chi connectivity index (χ2v) is 7.81. The molecule has 0 saturated carbocycles. The number of aromatic nitrogens is 1. The molecule has 0 atom stereocenters. The Kier molecular flexibility index (Phi) is 7.79. The Morgan fingerprint density at radius 3 is 2.59 bits per heavy atom. The summed E-state index contributed by atoms with van der Waals surface area (Å²) < 4.78 is 2.34. The van der Waals surface area contributed by atoms with E-state index in [4.69, 9.17) is 11.6 Å². The molecule has 0 amide bonds. The highest BCUT2D eigenvalue weighted by atomic mass is 35.5. The summed E-state index contributed by atoms with van der Waals surface area (Å²) in [5.74, 6) is 0. The van der Waals surface area contributed by atoms with Crippen LogP contribution in [0.15, 0.2) is 54.7 Å². The number of nitrogens with one attached hydrogen (secondary N) is 1. The number of hydrogen-bond donors (Lipinski definition) is 1. The average molecular weight is 383 g/mol. The summed E-state index contributed by atoms with van der Waals surface area (Å²) in [7, 11) is 0. The van der Waals surface area contributed by atoms with Crippen LogP contribution in [0.1, 0.15) is 56.6 Å². The zero-order valence-corrected chi connectivity index (χ0v) is 17.1. The molecule has 3 aromatic rings. The van der Waals surface area contributed by atoms with Gasteiger partial charge in [0.1, 0.15) is 0 Å². The minimum atomic E-state index is 0.796. The second-order valence-electron chi connectivity index (χ2n) is 7.37.